The first-order chi connectivity index (χ1) is 8.28. The Morgan fingerprint density at radius 1 is 1.44 bits per heavy atom. The summed E-state index contributed by atoms with van der Waals surface area (Å²) in [4.78, 5) is 14.0. The molecule has 0 fully saturated rings. The van der Waals surface area contributed by atoms with Gasteiger partial charge in [0.2, 0.25) is 0 Å². The fraction of sp³-hybridized carbons (Fsp3) is 0.500. The van der Waals surface area contributed by atoms with Gasteiger partial charge in [-0.25, -0.2) is 4.79 Å². The Balaban J connectivity index is 2.28. The average Bonchev–Trinajstić information content (AvgIpc) is 2.50. The molecule has 0 spiro atoms. The van der Waals surface area contributed by atoms with Gasteiger partial charge < -0.3 is 4.74 Å². The maximum absolute atomic E-state index is 12.2. The first-order valence-corrected chi connectivity index (χ1v) is 6.88. The third kappa shape index (κ3) is 2.69. The van der Waals surface area contributed by atoms with E-state index in [1.807, 2.05) is 39.8 Å². The van der Waals surface area contributed by atoms with Crippen molar-refractivity contribution in [3.8, 4) is 0 Å². The van der Waals surface area contributed by atoms with Gasteiger partial charge in [0.15, 0.2) is 0 Å². The zero-order valence-corrected chi connectivity index (χ0v) is 12.7. The van der Waals surface area contributed by atoms with Crippen LogP contribution in [-0.4, -0.2) is 17.7 Å². The molecule has 0 saturated carbocycles. The summed E-state index contributed by atoms with van der Waals surface area (Å²) < 4.78 is 6.50. The number of carbonyl (C=O) groups excluding carboxylic acids is 1. The molecule has 98 valence electrons. The summed E-state index contributed by atoms with van der Waals surface area (Å²) in [6.45, 7) is 7.69. The molecule has 0 unspecified atom stereocenters. The van der Waals surface area contributed by atoms with Crippen molar-refractivity contribution >= 4 is 27.7 Å². The van der Waals surface area contributed by atoms with E-state index in [1.54, 1.807) is 4.90 Å². The number of fused-ring (bicyclic) bond motifs is 1. The Bertz CT molecular complexity index is 479. The molecule has 0 radical (unpaired) electrons. The van der Waals surface area contributed by atoms with Crippen molar-refractivity contribution in [2.75, 3.05) is 4.90 Å². The van der Waals surface area contributed by atoms with Crippen LogP contribution in [0.15, 0.2) is 22.7 Å². The second-order valence-electron chi connectivity index (χ2n) is 5.68. The Labute approximate surface area is 116 Å². The van der Waals surface area contributed by atoms with Crippen molar-refractivity contribution in [1.29, 1.82) is 0 Å². The fourth-order valence-corrected chi connectivity index (χ4v) is 2.60. The molecule has 1 aliphatic rings. The number of anilines is 1. The minimum atomic E-state index is -0.463. The third-order valence-electron chi connectivity index (χ3n) is 2.85. The van der Waals surface area contributed by atoms with Crippen molar-refractivity contribution in [3.05, 3.63) is 28.2 Å². The van der Waals surface area contributed by atoms with E-state index in [4.69, 9.17) is 4.74 Å². The lowest BCUT2D eigenvalue weighted by atomic mass is 10.1. The first-order valence-electron chi connectivity index (χ1n) is 6.08. The zero-order chi connectivity index (χ0) is 13.5. The highest BCUT2D eigenvalue weighted by atomic mass is 79.9. The van der Waals surface area contributed by atoms with Crippen molar-refractivity contribution < 1.29 is 9.53 Å². The molecule has 0 aromatic heterocycles. The summed E-state index contributed by atoms with van der Waals surface area (Å²) in [7, 11) is 0. The van der Waals surface area contributed by atoms with E-state index in [0.717, 1.165) is 16.6 Å². The molecule has 1 heterocycles. The summed E-state index contributed by atoms with van der Waals surface area (Å²) in [6.07, 6.45) is 0.602. The third-order valence-corrected chi connectivity index (χ3v) is 3.34. The molecular weight excluding hydrogens is 294 g/mol. The van der Waals surface area contributed by atoms with Crippen LogP contribution in [0.2, 0.25) is 0 Å². The number of ether oxygens (including phenoxy) is 1. The molecule has 1 amide bonds. The SMILES string of the molecule is C[C@H]1Cc2cc(Br)ccc2N1C(=O)OC(C)(C)C. The van der Waals surface area contributed by atoms with Crippen LogP contribution in [0.4, 0.5) is 10.5 Å². The van der Waals surface area contributed by atoms with E-state index in [0.29, 0.717) is 0 Å². The Hall–Kier alpha value is -1.03. The molecule has 1 aliphatic heterocycles. The highest BCUT2D eigenvalue weighted by molar-refractivity contribution is 9.10. The van der Waals surface area contributed by atoms with Crippen molar-refractivity contribution in [2.24, 2.45) is 0 Å². The van der Waals surface area contributed by atoms with Gasteiger partial charge in [-0.3, -0.25) is 4.90 Å². The smallest absolute Gasteiger partial charge is 0.415 e. The van der Waals surface area contributed by atoms with Crippen LogP contribution in [0, 0.1) is 0 Å². The molecular formula is C14H18BrNO2. The second kappa shape index (κ2) is 4.57. The van der Waals surface area contributed by atoms with Gasteiger partial charge in [0.1, 0.15) is 5.60 Å². The van der Waals surface area contributed by atoms with Crippen LogP contribution < -0.4 is 4.90 Å². The number of halogens is 1. The van der Waals surface area contributed by atoms with Crippen LogP contribution in [0.5, 0.6) is 0 Å². The van der Waals surface area contributed by atoms with Gasteiger partial charge in [-0.2, -0.15) is 0 Å². The van der Waals surface area contributed by atoms with Gasteiger partial charge in [-0.15, -0.1) is 0 Å². The van der Waals surface area contributed by atoms with Crippen LogP contribution in [-0.2, 0) is 11.2 Å². The lowest BCUT2D eigenvalue weighted by molar-refractivity contribution is 0.0572. The number of rotatable bonds is 0. The van der Waals surface area contributed by atoms with Gasteiger partial charge in [-0.1, -0.05) is 15.9 Å². The minimum absolute atomic E-state index is 0.143. The van der Waals surface area contributed by atoms with Crippen molar-refractivity contribution in [3.63, 3.8) is 0 Å². The topological polar surface area (TPSA) is 29.5 Å². The fourth-order valence-electron chi connectivity index (χ4n) is 2.19. The van der Waals surface area contributed by atoms with E-state index in [2.05, 4.69) is 22.0 Å². The summed E-state index contributed by atoms with van der Waals surface area (Å²) in [5.74, 6) is 0. The van der Waals surface area contributed by atoms with Gasteiger partial charge in [0.25, 0.3) is 0 Å². The average molecular weight is 312 g/mol. The van der Waals surface area contributed by atoms with Crippen LogP contribution in [0.1, 0.15) is 33.3 Å². The lowest BCUT2D eigenvalue weighted by Gasteiger charge is -2.27. The number of nitrogens with zero attached hydrogens (tertiary/aromatic N) is 1. The van der Waals surface area contributed by atoms with E-state index in [-0.39, 0.29) is 12.1 Å². The number of benzene rings is 1. The second-order valence-corrected chi connectivity index (χ2v) is 6.59. The maximum Gasteiger partial charge on any atom is 0.415 e. The van der Waals surface area contributed by atoms with Gasteiger partial charge in [0.05, 0.1) is 5.69 Å². The van der Waals surface area contributed by atoms with Crippen molar-refractivity contribution in [1.82, 2.24) is 0 Å². The molecule has 0 bridgehead atoms. The van der Waals surface area contributed by atoms with E-state index in [9.17, 15) is 4.79 Å². The van der Waals surface area contributed by atoms with E-state index >= 15 is 0 Å². The van der Waals surface area contributed by atoms with Crippen molar-refractivity contribution in [2.45, 2.75) is 45.8 Å². The predicted molar refractivity (Wildman–Crippen MR) is 76.0 cm³/mol. The number of hydrogen-bond donors (Lipinski definition) is 0. The maximum atomic E-state index is 12.2. The Morgan fingerprint density at radius 2 is 2.11 bits per heavy atom. The molecule has 1 aromatic rings. The van der Waals surface area contributed by atoms with Gasteiger partial charge in [0, 0.05) is 10.5 Å². The predicted octanol–water partition coefficient (Wildman–Crippen LogP) is 4.14. The zero-order valence-electron chi connectivity index (χ0n) is 11.2. The van der Waals surface area contributed by atoms with Crippen LogP contribution in [0.3, 0.4) is 0 Å². The highest BCUT2D eigenvalue weighted by Crippen LogP contribution is 2.35. The highest BCUT2D eigenvalue weighted by Gasteiger charge is 2.33. The molecule has 2 rings (SSSR count). The molecule has 1 atom stereocenters. The quantitative estimate of drug-likeness (QED) is 0.721. The normalized spacial score (nSPS) is 18.7. The molecule has 0 N–H and O–H groups in total. The lowest BCUT2D eigenvalue weighted by Crippen LogP contribution is -2.40. The molecule has 4 heteroatoms. The number of amides is 1. The Morgan fingerprint density at radius 3 is 2.72 bits per heavy atom. The van der Waals surface area contributed by atoms with E-state index in [1.165, 1.54) is 5.56 Å². The minimum Gasteiger partial charge on any atom is -0.443 e. The monoisotopic (exact) mass is 311 g/mol. The van der Waals surface area contributed by atoms with E-state index < -0.39 is 5.60 Å². The number of carbonyl (C=O) groups is 1. The number of hydrogen-bond acceptors (Lipinski definition) is 2. The summed E-state index contributed by atoms with van der Waals surface area (Å²) in [5.41, 5.74) is 1.68. The molecule has 1 aromatic carbocycles. The summed E-state index contributed by atoms with van der Waals surface area (Å²) in [5, 5.41) is 0. The standard InChI is InChI=1S/C14H18BrNO2/c1-9-7-10-8-11(15)5-6-12(10)16(9)13(17)18-14(2,3)4/h5-6,8-9H,7H2,1-4H3/t9-/m0/s1. The van der Waals surface area contributed by atoms with Gasteiger partial charge in [-0.05, 0) is 57.9 Å². The molecule has 18 heavy (non-hydrogen) atoms. The van der Waals surface area contributed by atoms with Crippen LogP contribution in [0.25, 0.3) is 0 Å². The molecule has 0 aliphatic carbocycles. The largest absolute Gasteiger partial charge is 0.443 e. The van der Waals surface area contributed by atoms with Crippen LogP contribution >= 0.6 is 15.9 Å². The summed E-state index contributed by atoms with van der Waals surface area (Å²) >= 11 is 3.46. The first kappa shape index (κ1) is 13.4. The Kier molecular flexibility index (Phi) is 3.41. The van der Waals surface area contributed by atoms with Gasteiger partial charge >= 0.3 is 6.09 Å². The summed E-state index contributed by atoms with van der Waals surface area (Å²) in [6, 6.07) is 6.13. The molecule has 3 nitrogen and oxygen atoms in total. The molecule has 0 saturated heterocycles.